The average Bonchev–Trinajstić information content (AvgIpc) is 3.18. The van der Waals surface area contributed by atoms with E-state index in [1.807, 2.05) is 28.9 Å². The second-order valence-corrected chi connectivity index (χ2v) is 9.42. The third-order valence-electron chi connectivity index (χ3n) is 5.99. The summed E-state index contributed by atoms with van der Waals surface area (Å²) < 4.78 is 7.17. The van der Waals surface area contributed by atoms with Crippen LogP contribution >= 0.6 is 0 Å². The molecule has 3 heterocycles. The van der Waals surface area contributed by atoms with Gasteiger partial charge in [-0.25, -0.2) is 4.68 Å². The molecular weight excluding hydrogens is 380 g/mol. The summed E-state index contributed by atoms with van der Waals surface area (Å²) in [7, 11) is 1.62. The first-order chi connectivity index (χ1) is 14.3. The minimum atomic E-state index is -0.283. The topological polar surface area (TPSA) is 90.1 Å². The normalized spacial score (nSPS) is 21.0. The lowest BCUT2D eigenvalue weighted by Crippen LogP contribution is -3.14. The number of piperidine rings is 1. The fourth-order valence-corrected chi connectivity index (χ4v) is 4.52. The predicted molar refractivity (Wildman–Crippen MR) is 115 cm³/mol. The van der Waals surface area contributed by atoms with Gasteiger partial charge in [-0.1, -0.05) is 6.92 Å². The van der Waals surface area contributed by atoms with Gasteiger partial charge in [0.05, 0.1) is 36.8 Å². The van der Waals surface area contributed by atoms with Gasteiger partial charge in [-0.05, 0) is 67.6 Å². The van der Waals surface area contributed by atoms with E-state index in [1.54, 1.807) is 7.11 Å². The Morgan fingerprint density at radius 1 is 1.30 bits per heavy atom. The zero-order chi connectivity index (χ0) is 21.5. The maximum Gasteiger partial charge on any atom is 0.258 e. The second kappa shape index (κ2) is 7.83. The predicted octanol–water partition coefficient (Wildman–Crippen LogP) is 1.68. The lowest BCUT2D eigenvalue weighted by atomic mass is 9.95. The molecule has 1 saturated heterocycles. The molecule has 3 aromatic rings. The van der Waals surface area contributed by atoms with Crippen LogP contribution in [-0.4, -0.2) is 45.4 Å². The lowest BCUT2D eigenvalue weighted by Gasteiger charge is -2.34. The summed E-state index contributed by atoms with van der Waals surface area (Å²) in [6.45, 7) is 10.5. The van der Waals surface area contributed by atoms with E-state index in [2.05, 4.69) is 48.2 Å². The van der Waals surface area contributed by atoms with Crippen LogP contribution in [0.1, 0.15) is 58.0 Å². The highest BCUT2D eigenvalue weighted by atomic mass is 16.5. The SMILES string of the molecule is COc1ccc2cc([C@@H](c3nnnn3C(C)(C)C)[NH+]3CCC[C@@H](C)C3)c(=O)[nH]c2c1. The van der Waals surface area contributed by atoms with E-state index in [4.69, 9.17) is 4.74 Å². The third kappa shape index (κ3) is 3.84. The van der Waals surface area contributed by atoms with Crippen molar-refractivity contribution in [3.8, 4) is 5.75 Å². The maximum absolute atomic E-state index is 13.3. The molecule has 0 radical (unpaired) electrons. The number of H-pyrrole nitrogens is 1. The Morgan fingerprint density at radius 2 is 2.10 bits per heavy atom. The number of likely N-dealkylation sites (tertiary alicyclic amines) is 1. The molecule has 1 aromatic carbocycles. The number of rotatable bonds is 4. The number of ether oxygens (including phenoxy) is 1. The van der Waals surface area contributed by atoms with Crippen molar-refractivity contribution in [3.63, 3.8) is 0 Å². The number of tetrazole rings is 1. The Balaban J connectivity index is 1.89. The molecule has 1 aliphatic heterocycles. The Hall–Kier alpha value is -2.74. The van der Waals surface area contributed by atoms with E-state index in [0.717, 1.165) is 42.0 Å². The molecule has 4 rings (SSSR count). The molecule has 1 aliphatic rings. The summed E-state index contributed by atoms with van der Waals surface area (Å²) in [4.78, 5) is 17.7. The molecule has 160 valence electrons. The van der Waals surface area contributed by atoms with Gasteiger partial charge in [0.2, 0.25) is 5.82 Å². The lowest BCUT2D eigenvalue weighted by molar-refractivity contribution is -0.934. The highest BCUT2D eigenvalue weighted by Crippen LogP contribution is 2.25. The van der Waals surface area contributed by atoms with E-state index in [-0.39, 0.29) is 17.1 Å². The number of hydrogen-bond donors (Lipinski definition) is 2. The second-order valence-electron chi connectivity index (χ2n) is 9.42. The largest absolute Gasteiger partial charge is 0.497 e. The van der Waals surface area contributed by atoms with Crippen molar-refractivity contribution in [1.82, 2.24) is 25.2 Å². The first kappa shape index (κ1) is 20.5. The first-order valence-electron chi connectivity index (χ1n) is 10.6. The van der Waals surface area contributed by atoms with E-state index < -0.39 is 0 Å². The smallest absolute Gasteiger partial charge is 0.258 e. The zero-order valence-corrected chi connectivity index (χ0v) is 18.4. The van der Waals surface area contributed by atoms with Crippen molar-refractivity contribution in [2.24, 2.45) is 5.92 Å². The molecule has 0 saturated carbocycles. The number of aromatic amines is 1. The highest BCUT2D eigenvalue weighted by molar-refractivity contribution is 5.80. The van der Waals surface area contributed by atoms with E-state index in [0.29, 0.717) is 11.5 Å². The summed E-state index contributed by atoms with van der Waals surface area (Å²) >= 11 is 0. The molecule has 1 fully saturated rings. The summed E-state index contributed by atoms with van der Waals surface area (Å²) in [6.07, 6.45) is 2.35. The fraction of sp³-hybridized carbons (Fsp3) is 0.545. The van der Waals surface area contributed by atoms with Crippen molar-refractivity contribution < 1.29 is 9.64 Å². The summed E-state index contributed by atoms with van der Waals surface area (Å²) in [5.74, 6) is 2.05. The minimum absolute atomic E-state index is 0.102. The molecule has 8 nitrogen and oxygen atoms in total. The zero-order valence-electron chi connectivity index (χ0n) is 18.4. The van der Waals surface area contributed by atoms with Crippen LogP contribution in [0.15, 0.2) is 29.1 Å². The van der Waals surface area contributed by atoms with Crippen molar-refractivity contribution in [1.29, 1.82) is 0 Å². The third-order valence-corrected chi connectivity index (χ3v) is 5.99. The van der Waals surface area contributed by atoms with Crippen LogP contribution in [0.25, 0.3) is 10.9 Å². The van der Waals surface area contributed by atoms with Crippen LogP contribution in [0.2, 0.25) is 0 Å². The maximum atomic E-state index is 13.3. The van der Waals surface area contributed by atoms with Gasteiger partial charge >= 0.3 is 0 Å². The highest BCUT2D eigenvalue weighted by Gasteiger charge is 2.38. The number of fused-ring (bicyclic) bond motifs is 1. The molecule has 0 spiro atoms. The van der Waals surface area contributed by atoms with Gasteiger partial charge in [-0.2, -0.15) is 0 Å². The Bertz CT molecular complexity index is 1100. The van der Waals surface area contributed by atoms with Gasteiger partial charge in [0.25, 0.3) is 5.56 Å². The molecule has 8 heteroatoms. The van der Waals surface area contributed by atoms with Gasteiger partial charge < -0.3 is 14.6 Å². The number of aromatic nitrogens is 5. The quantitative estimate of drug-likeness (QED) is 0.682. The van der Waals surface area contributed by atoms with E-state index in [9.17, 15) is 4.79 Å². The van der Waals surface area contributed by atoms with Gasteiger partial charge in [-0.3, -0.25) is 4.79 Å². The van der Waals surface area contributed by atoms with Gasteiger partial charge in [0.15, 0.2) is 6.04 Å². The number of hydrogen-bond acceptors (Lipinski definition) is 5. The molecule has 30 heavy (non-hydrogen) atoms. The molecule has 0 amide bonds. The Labute approximate surface area is 176 Å². The van der Waals surface area contributed by atoms with Gasteiger partial charge in [0.1, 0.15) is 5.75 Å². The number of pyridine rings is 1. The minimum Gasteiger partial charge on any atom is -0.497 e. The standard InChI is InChI=1S/C22H30N6O2/c1-14-7-6-10-27(13-14)19(20-24-25-26-28(20)22(2,3)4)17-11-15-8-9-16(30-5)12-18(15)23-21(17)29/h8-9,11-12,14,19H,6-7,10,13H2,1-5H3,(H,23,29)/p+1/t14-,19+/m1/s1. The average molecular weight is 412 g/mol. The van der Waals surface area contributed by atoms with Gasteiger partial charge in [-0.15, -0.1) is 5.10 Å². The number of benzene rings is 1. The molecular formula is C22H31N6O2+. The Kier molecular flexibility index (Phi) is 5.36. The number of quaternary nitrogens is 1. The van der Waals surface area contributed by atoms with Crippen LogP contribution in [0, 0.1) is 5.92 Å². The van der Waals surface area contributed by atoms with E-state index >= 15 is 0 Å². The van der Waals surface area contributed by atoms with Crippen molar-refractivity contribution in [2.45, 2.75) is 52.1 Å². The number of nitrogens with one attached hydrogen (secondary N) is 2. The van der Waals surface area contributed by atoms with Crippen molar-refractivity contribution >= 4 is 10.9 Å². The van der Waals surface area contributed by atoms with Crippen LogP contribution in [0.5, 0.6) is 5.75 Å². The van der Waals surface area contributed by atoms with Crippen LogP contribution < -0.4 is 15.2 Å². The van der Waals surface area contributed by atoms with Gasteiger partial charge in [0, 0.05) is 12.0 Å². The van der Waals surface area contributed by atoms with Crippen LogP contribution in [-0.2, 0) is 5.54 Å². The summed E-state index contributed by atoms with van der Waals surface area (Å²) in [5, 5.41) is 13.6. The molecule has 0 bridgehead atoms. The van der Waals surface area contributed by atoms with Crippen LogP contribution in [0.3, 0.4) is 0 Å². The molecule has 3 atom stereocenters. The van der Waals surface area contributed by atoms with Crippen LogP contribution in [0.4, 0.5) is 0 Å². The van der Waals surface area contributed by atoms with E-state index in [1.165, 1.54) is 11.3 Å². The van der Waals surface area contributed by atoms with Crippen molar-refractivity contribution in [3.05, 3.63) is 46.0 Å². The number of nitrogens with zero attached hydrogens (tertiary/aromatic N) is 4. The summed E-state index contributed by atoms with van der Waals surface area (Å²) in [5.41, 5.74) is 1.08. The fourth-order valence-electron chi connectivity index (χ4n) is 4.52. The monoisotopic (exact) mass is 411 g/mol. The summed E-state index contributed by atoms with van der Waals surface area (Å²) in [6, 6.07) is 7.51. The Morgan fingerprint density at radius 3 is 2.80 bits per heavy atom. The molecule has 0 aliphatic carbocycles. The number of methoxy groups -OCH3 is 1. The van der Waals surface area contributed by atoms with Crippen molar-refractivity contribution in [2.75, 3.05) is 20.2 Å². The molecule has 2 aromatic heterocycles. The first-order valence-corrected chi connectivity index (χ1v) is 10.6. The molecule has 2 N–H and O–H groups in total. The molecule has 1 unspecified atom stereocenters.